The van der Waals surface area contributed by atoms with Crippen LogP contribution in [0.15, 0.2) is 22.8 Å². The lowest BCUT2D eigenvalue weighted by Crippen LogP contribution is -1.95. The van der Waals surface area contributed by atoms with Gasteiger partial charge >= 0.3 is 0 Å². The summed E-state index contributed by atoms with van der Waals surface area (Å²) in [6.45, 7) is 0. The van der Waals surface area contributed by atoms with Gasteiger partial charge in [0.2, 0.25) is 0 Å². The Bertz CT molecular complexity index is 246. The first-order chi connectivity index (χ1) is 7.84. The third-order valence-electron chi connectivity index (χ3n) is 2.73. The van der Waals surface area contributed by atoms with Gasteiger partial charge in [-0.25, -0.2) is 0 Å². The standard InChI is InChI=1S/C13H21BrO2/c14-10-6-4-2-1-3-5-8-12(15)13-9-7-11-16-13/h7,9,11-12,15H,1-6,8,10H2/t12-/m0/s1. The van der Waals surface area contributed by atoms with Crippen LogP contribution in [0.3, 0.4) is 0 Å². The van der Waals surface area contributed by atoms with Crippen LogP contribution in [0.25, 0.3) is 0 Å². The van der Waals surface area contributed by atoms with E-state index in [2.05, 4.69) is 15.9 Å². The molecular formula is C13H21BrO2. The first-order valence-corrected chi connectivity index (χ1v) is 7.24. The van der Waals surface area contributed by atoms with Crippen molar-refractivity contribution in [3.8, 4) is 0 Å². The van der Waals surface area contributed by atoms with E-state index in [0.717, 1.165) is 18.2 Å². The Morgan fingerprint density at radius 2 is 1.81 bits per heavy atom. The largest absolute Gasteiger partial charge is 0.467 e. The van der Waals surface area contributed by atoms with Crippen molar-refractivity contribution in [2.45, 2.75) is 51.0 Å². The van der Waals surface area contributed by atoms with Gasteiger partial charge in [0, 0.05) is 5.33 Å². The zero-order valence-corrected chi connectivity index (χ0v) is 11.3. The van der Waals surface area contributed by atoms with Gasteiger partial charge in [0.25, 0.3) is 0 Å². The molecule has 0 fully saturated rings. The van der Waals surface area contributed by atoms with E-state index in [0.29, 0.717) is 5.76 Å². The molecule has 1 atom stereocenters. The molecule has 0 unspecified atom stereocenters. The molecule has 2 nitrogen and oxygen atoms in total. The first-order valence-electron chi connectivity index (χ1n) is 6.12. The van der Waals surface area contributed by atoms with E-state index >= 15 is 0 Å². The predicted molar refractivity (Wildman–Crippen MR) is 69.8 cm³/mol. The van der Waals surface area contributed by atoms with Crippen LogP contribution in [0, 0.1) is 0 Å². The maximum Gasteiger partial charge on any atom is 0.132 e. The van der Waals surface area contributed by atoms with E-state index in [4.69, 9.17) is 4.42 Å². The maximum atomic E-state index is 9.75. The summed E-state index contributed by atoms with van der Waals surface area (Å²) in [5.74, 6) is 0.694. The molecule has 1 rings (SSSR count). The zero-order valence-electron chi connectivity index (χ0n) is 9.70. The molecule has 0 radical (unpaired) electrons. The molecule has 16 heavy (non-hydrogen) atoms. The van der Waals surface area contributed by atoms with Gasteiger partial charge in [-0.1, -0.05) is 48.0 Å². The molecule has 1 aromatic rings. The van der Waals surface area contributed by atoms with Crippen LogP contribution < -0.4 is 0 Å². The Balaban J connectivity index is 1.95. The Hall–Kier alpha value is -0.280. The normalized spacial score (nSPS) is 12.9. The summed E-state index contributed by atoms with van der Waals surface area (Å²) in [6, 6.07) is 3.65. The monoisotopic (exact) mass is 288 g/mol. The van der Waals surface area contributed by atoms with Gasteiger partial charge in [-0.3, -0.25) is 0 Å². The van der Waals surface area contributed by atoms with Gasteiger partial charge < -0.3 is 9.52 Å². The highest BCUT2D eigenvalue weighted by atomic mass is 79.9. The number of unbranched alkanes of at least 4 members (excludes halogenated alkanes) is 5. The van der Waals surface area contributed by atoms with Crippen LogP contribution in [-0.2, 0) is 0 Å². The maximum absolute atomic E-state index is 9.75. The van der Waals surface area contributed by atoms with Crippen LogP contribution in [0.1, 0.15) is 56.8 Å². The summed E-state index contributed by atoms with van der Waals surface area (Å²) < 4.78 is 5.15. The molecule has 92 valence electrons. The van der Waals surface area contributed by atoms with Crippen LogP contribution in [0.5, 0.6) is 0 Å². The minimum absolute atomic E-state index is 0.419. The number of halogens is 1. The number of alkyl halides is 1. The van der Waals surface area contributed by atoms with Crippen molar-refractivity contribution in [3.63, 3.8) is 0 Å². The molecule has 1 aromatic heterocycles. The number of aliphatic hydroxyl groups is 1. The van der Waals surface area contributed by atoms with Gasteiger partial charge in [0.1, 0.15) is 11.9 Å². The average Bonchev–Trinajstić information content (AvgIpc) is 2.81. The summed E-state index contributed by atoms with van der Waals surface area (Å²) in [5, 5.41) is 10.9. The van der Waals surface area contributed by atoms with Crippen LogP contribution >= 0.6 is 15.9 Å². The number of aliphatic hydroxyl groups excluding tert-OH is 1. The summed E-state index contributed by atoms with van der Waals surface area (Å²) in [7, 11) is 0. The van der Waals surface area contributed by atoms with Crippen LogP contribution in [0.2, 0.25) is 0 Å². The lowest BCUT2D eigenvalue weighted by Gasteiger charge is -2.07. The topological polar surface area (TPSA) is 33.4 Å². The van der Waals surface area contributed by atoms with Gasteiger partial charge in [-0.05, 0) is 25.0 Å². The van der Waals surface area contributed by atoms with Crippen molar-refractivity contribution >= 4 is 15.9 Å². The van der Waals surface area contributed by atoms with E-state index in [1.54, 1.807) is 6.26 Å². The van der Waals surface area contributed by atoms with Gasteiger partial charge in [0.05, 0.1) is 6.26 Å². The van der Waals surface area contributed by atoms with Crippen molar-refractivity contribution in [1.29, 1.82) is 0 Å². The summed E-state index contributed by atoms with van der Waals surface area (Å²) in [4.78, 5) is 0. The summed E-state index contributed by atoms with van der Waals surface area (Å²) in [5.41, 5.74) is 0. The second-order valence-corrected chi connectivity index (χ2v) is 4.92. The second kappa shape index (κ2) is 8.82. The van der Waals surface area contributed by atoms with E-state index in [1.165, 1.54) is 32.1 Å². The molecule has 1 N–H and O–H groups in total. The minimum Gasteiger partial charge on any atom is -0.467 e. The molecule has 3 heteroatoms. The van der Waals surface area contributed by atoms with E-state index < -0.39 is 6.10 Å². The molecule has 0 aliphatic heterocycles. The second-order valence-electron chi connectivity index (χ2n) is 4.13. The first kappa shape index (κ1) is 13.8. The quantitative estimate of drug-likeness (QED) is 0.538. The third kappa shape index (κ3) is 5.71. The van der Waals surface area contributed by atoms with Gasteiger partial charge in [-0.2, -0.15) is 0 Å². The highest BCUT2D eigenvalue weighted by Crippen LogP contribution is 2.20. The number of furan rings is 1. The molecule has 0 aliphatic rings. The van der Waals surface area contributed by atoms with Crippen molar-refractivity contribution in [3.05, 3.63) is 24.2 Å². The lowest BCUT2D eigenvalue weighted by atomic mass is 10.1. The van der Waals surface area contributed by atoms with E-state index in [-0.39, 0.29) is 0 Å². The Morgan fingerprint density at radius 3 is 2.44 bits per heavy atom. The Morgan fingerprint density at radius 1 is 1.12 bits per heavy atom. The molecular weight excluding hydrogens is 268 g/mol. The van der Waals surface area contributed by atoms with Crippen LogP contribution in [0.4, 0.5) is 0 Å². The van der Waals surface area contributed by atoms with Crippen LogP contribution in [-0.4, -0.2) is 10.4 Å². The number of rotatable bonds is 9. The molecule has 0 saturated carbocycles. The predicted octanol–water partition coefficient (Wildman–Crippen LogP) is 4.44. The molecule has 1 heterocycles. The fourth-order valence-electron chi connectivity index (χ4n) is 1.76. The lowest BCUT2D eigenvalue weighted by molar-refractivity contribution is 0.136. The molecule has 0 saturated heterocycles. The van der Waals surface area contributed by atoms with Gasteiger partial charge in [-0.15, -0.1) is 0 Å². The summed E-state index contributed by atoms with van der Waals surface area (Å²) >= 11 is 3.43. The van der Waals surface area contributed by atoms with Gasteiger partial charge in [0.15, 0.2) is 0 Å². The van der Waals surface area contributed by atoms with Crippen molar-refractivity contribution in [2.75, 3.05) is 5.33 Å². The zero-order chi connectivity index (χ0) is 11.6. The fraction of sp³-hybridized carbons (Fsp3) is 0.692. The summed E-state index contributed by atoms with van der Waals surface area (Å²) in [6.07, 6.45) is 9.46. The van der Waals surface area contributed by atoms with Crippen molar-refractivity contribution in [2.24, 2.45) is 0 Å². The highest BCUT2D eigenvalue weighted by Gasteiger charge is 2.08. The van der Waals surface area contributed by atoms with E-state index in [1.807, 2.05) is 12.1 Å². The average molecular weight is 289 g/mol. The minimum atomic E-state index is -0.419. The Kier molecular flexibility index (Phi) is 7.60. The SMILES string of the molecule is O[C@@H](CCCCCCCCBr)c1ccco1. The fourth-order valence-corrected chi connectivity index (χ4v) is 2.16. The molecule has 0 bridgehead atoms. The highest BCUT2D eigenvalue weighted by molar-refractivity contribution is 9.09. The van der Waals surface area contributed by atoms with E-state index in [9.17, 15) is 5.11 Å². The number of hydrogen-bond donors (Lipinski definition) is 1. The smallest absolute Gasteiger partial charge is 0.132 e. The Labute approximate surface area is 106 Å². The third-order valence-corrected chi connectivity index (χ3v) is 3.29. The van der Waals surface area contributed by atoms with Crippen molar-refractivity contribution < 1.29 is 9.52 Å². The molecule has 0 spiro atoms. The molecule has 0 amide bonds. The number of hydrogen-bond acceptors (Lipinski definition) is 2. The van der Waals surface area contributed by atoms with Crippen molar-refractivity contribution in [1.82, 2.24) is 0 Å². The molecule has 0 aliphatic carbocycles. The molecule has 0 aromatic carbocycles.